The first-order chi connectivity index (χ1) is 11.4. The van der Waals surface area contributed by atoms with Gasteiger partial charge in [-0.25, -0.2) is 13.2 Å². The zero-order valence-electron chi connectivity index (χ0n) is 13.4. The minimum atomic E-state index is -2.95. The number of benzene rings is 1. The van der Waals surface area contributed by atoms with E-state index in [0.29, 0.717) is 24.3 Å². The molecule has 132 valence electrons. The first-order valence-electron chi connectivity index (χ1n) is 7.52. The number of hydrogen-bond acceptors (Lipinski definition) is 5. The lowest BCUT2D eigenvalue weighted by Crippen LogP contribution is -2.33. The zero-order chi connectivity index (χ0) is 17.6. The van der Waals surface area contributed by atoms with Crippen molar-refractivity contribution in [3.8, 4) is 0 Å². The number of sulfone groups is 1. The lowest BCUT2D eigenvalue weighted by molar-refractivity contribution is -0.119. The average molecular weight is 355 g/mol. The molecule has 1 atom stereocenters. The normalized spacial score (nSPS) is 18.8. The fraction of sp³-hybridized carbons (Fsp3) is 0.467. The van der Waals surface area contributed by atoms with Crippen LogP contribution in [-0.4, -0.2) is 52.1 Å². The summed E-state index contributed by atoms with van der Waals surface area (Å²) in [6, 6.07) is 6.28. The van der Waals surface area contributed by atoms with E-state index in [1.54, 1.807) is 24.3 Å². The number of carbonyl (C=O) groups excluding carboxylic acids is 2. The van der Waals surface area contributed by atoms with Crippen molar-refractivity contribution in [1.82, 2.24) is 5.32 Å². The summed E-state index contributed by atoms with van der Waals surface area (Å²) >= 11 is 0. The summed E-state index contributed by atoms with van der Waals surface area (Å²) in [4.78, 5) is 23.4. The average Bonchev–Trinajstić information content (AvgIpc) is 2.85. The molecule has 0 aromatic heterocycles. The van der Waals surface area contributed by atoms with Crippen molar-refractivity contribution in [3.05, 3.63) is 24.3 Å². The van der Waals surface area contributed by atoms with Gasteiger partial charge in [-0.3, -0.25) is 4.79 Å². The molecule has 3 N–H and O–H groups in total. The van der Waals surface area contributed by atoms with Crippen LogP contribution in [0.1, 0.15) is 6.42 Å². The van der Waals surface area contributed by atoms with E-state index in [2.05, 4.69) is 16.0 Å². The van der Waals surface area contributed by atoms with Crippen LogP contribution in [0.5, 0.6) is 0 Å². The predicted molar refractivity (Wildman–Crippen MR) is 90.7 cm³/mol. The molecule has 1 fully saturated rings. The summed E-state index contributed by atoms with van der Waals surface area (Å²) in [5.74, 6) is -0.0275. The predicted octanol–water partition coefficient (Wildman–Crippen LogP) is 0.828. The van der Waals surface area contributed by atoms with Gasteiger partial charge in [-0.15, -0.1) is 0 Å². The van der Waals surface area contributed by atoms with Crippen molar-refractivity contribution in [2.75, 3.05) is 42.4 Å². The molecule has 0 saturated carbocycles. The van der Waals surface area contributed by atoms with Gasteiger partial charge in [0.25, 0.3) is 0 Å². The van der Waals surface area contributed by atoms with Gasteiger partial charge in [-0.2, -0.15) is 0 Å². The van der Waals surface area contributed by atoms with E-state index in [0.717, 1.165) is 0 Å². The first-order valence-corrected chi connectivity index (χ1v) is 9.34. The largest absolute Gasteiger partial charge is 0.375 e. The van der Waals surface area contributed by atoms with Crippen LogP contribution in [0.15, 0.2) is 24.3 Å². The van der Waals surface area contributed by atoms with Crippen LogP contribution in [0, 0.1) is 5.92 Å². The van der Waals surface area contributed by atoms with Gasteiger partial charge in [-0.1, -0.05) is 6.07 Å². The number of rotatable bonds is 6. The number of carbonyl (C=O) groups is 2. The Morgan fingerprint density at radius 1 is 1.25 bits per heavy atom. The highest BCUT2D eigenvalue weighted by atomic mass is 32.2. The third-order valence-corrected chi connectivity index (χ3v) is 5.39. The van der Waals surface area contributed by atoms with Crippen LogP contribution in [0.25, 0.3) is 0 Å². The first kappa shape index (κ1) is 18.2. The van der Waals surface area contributed by atoms with Gasteiger partial charge in [0.05, 0.1) is 11.5 Å². The molecule has 0 unspecified atom stereocenters. The molecule has 2 rings (SSSR count). The van der Waals surface area contributed by atoms with Gasteiger partial charge < -0.3 is 20.7 Å². The third-order valence-electron chi connectivity index (χ3n) is 3.56. The Morgan fingerprint density at radius 3 is 2.58 bits per heavy atom. The monoisotopic (exact) mass is 355 g/mol. The van der Waals surface area contributed by atoms with Crippen LogP contribution in [-0.2, 0) is 19.4 Å². The van der Waals surface area contributed by atoms with Crippen molar-refractivity contribution in [3.63, 3.8) is 0 Å². The smallest absolute Gasteiger partial charge is 0.319 e. The van der Waals surface area contributed by atoms with Crippen LogP contribution < -0.4 is 16.0 Å². The molecule has 0 spiro atoms. The maximum absolute atomic E-state index is 11.9. The van der Waals surface area contributed by atoms with Crippen molar-refractivity contribution in [1.29, 1.82) is 0 Å². The van der Waals surface area contributed by atoms with Crippen LogP contribution >= 0.6 is 0 Å². The van der Waals surface area contributed by atoms with Gasteiger partial charge in [0.15, 0.2) is 9.84 Å². The number of ether oxygens (including phenoxy) is 1. The highest BCUT2D eigenvalue weighted by Gasteiger charge is 2.27. The quantitative estimate of drug-likeness (QED) is 0.699. The Hall–Kier alpha value is -2.13. The molecule has 0 bridgehead atoms. The maximum atomic E-state index is 11.9. The third kappa shape index (κ3) is 5.82. The molecule has 1 aliphatic rings. The molecule has 1 heterocycles. The number of hydrogen-bond donors (Lipinski definition) is 3. The fourth-order valence-corrected chi connectivity index (χ4v) is 4.31. The van der Waals surface area contributed by atoms with Crippen molar-refractivity contribution in [2.45, 2.75) is 6.42 Å². The van der Waals surface area contributed by atoms with Crippen LogP contribution in [0.2, 0.25) is 0 Å². The molecule has 1 aliphatic heterocycles. The van der Waals surface area contributed by atoms with E-state index in [-0.39, 0.29) is 29.9 Å². The number of urea groups is 1. The van der Waals surface area contributed by atoms with Gasteiger partial charge in [-0.05, 0) is 30.5 Å². The highest BCUT2D eigenvalue weighted by molar-refractivity contribution is 7.91. The molecule has 1 aromatic rings. The molecule has 1 saturated heterocycles. The number of nitrogens with one attached hydrogen (secondary N) is 3. The highest BCUT2D eigenvalue weighted by Crippen LogP contribution is 2.18. The minimum absolute atomic E-state index is 0.0413. The van der Waals surface area contributed by atoms with Crippen molar-refractivity contribution >= 4 is 33.2 Å². The van der Waals surface area contributed by atoms with E-state index < -0.39 is 15.9 Å². The second-order valence-electron chi connectivity index (χ2n) is 5.67. The lowest BCUT2D eigenvalue weighted by atomic mass is 10.1. The molecule has 9 heteroatoms. The zero-order valence-corrected chi connectivity index (χ0v) is 14.2. The Kier molecular flexibility index (Phi) is 6.16. The summed E-state index contributed by atoms with van der Waals surface area (Å²) in [6.45, 7) is 0.262. The molecule has 0 aliphatic carbocycles. The summed E-state index contributed by atoms with van der Waals surface area (Å²) in [6.07, 6.45) is 0.573. The van der Waals surface area contributed by atoms with Crippen LogP contribution in [0.4, 0.5) is 16.2 Å². The summed E-state index contributed by atoms with van der Waals surface area (Å²) < 4.78 is 27.5. The Balaban J connectivity index is 1.82. The minimum Gasteiger partial charge on any atom is -0.375 e. The Bertz CT molecular complexity index is 705. The van der Waals surface area contributed by atoms with E-state index >= 15 is 0 Å². The topological polar surface area (TPSA) is 114 Å². The van der Waals surface area contributed by atoms with Gasteiger partial charge in [0.1, 0.15) is 6.61 Å². The van der Waals surface area contributed by atoms with Crippen LogP contribution in [0.3, 0.4) is 0 Å². The van der Waals surface area contributed by atoms with Gasteiger partial charge in [0, 0.05) is 25.0 Å². The van der Waals surface area contributed by atoms with E-state index in [4.69, 9.17) is 4.74 Å². The molecule has 24 heavy (non-hydrogen) atoms. The number of methoxy groups -OCH3 is 1. The standard InChI is InChI=1S/C15H21N3O5S/c1-23-9-14(19)17-12-3-2-4-13(7-12)18-15(20)16-8-11-5-6-24(21,22)10-11/h2-4,7,11H,5-6,8-10H2,1H3,(H,17,19)(H2,16,18,20)/t11-/m0/s1. The SMILES string of the molecule is COCC(=O)Nc1cccc(NC(=O)NC[C@@H]2CCS(=O)(=O)C2)c1. The molecule has 8 nitrogen and oxygen atoms in total. The Morgan fingerprint density at radius 2 is 1.96 bits per heavy atom. The lowest BCUT2D eigenvalue weighted by Gasteiger charge is -2.12. The van der Waals surface area contributed by atoms with Gasteiger partial charge >= 0.3 is 6.03 Å². The molecular formula is C15H21N3O5S. The molecular weight excluding hydrogens is 334 g/mol. The molecule has 0 radical (unpaired) electrons. The van der Waals surface area contributed by atoms with Gasteiger partial charge in [0.2, 0.25) is 5.91 Å². The number of amides is 3. The van der Waals surface area contributed by atoms with E-state index in [1.165, 1.54) is 7.11 Å². The summed E-state index contributed by atoms with van der Waals surface area (Å²) in [7, 11) is -1.52. The van der Waals surface area contributed by atoms with Crippen molar-refractivity contribution < 1.29 is 22.7 Å². The molecule has 1 aromatic carbocycles. The van der Waals surface area contributed by atoms with E-state index in [9.17, 15) is 18.0 Å². The number of anilines is 2. The Labute approximate surface area is 140 Å². The second-order valence-corrected chi connectivity index (χ2v) is 7.89. The second kappa shape index (κ2) is 8.11. The summed E-state index contributed by atoms with van der Waals surface area (Å²) in [5.41, 5.74) is 1.05. The summed E-state index contributed by atoms with van der Waals surface area (Å²) in [5, 5.41) is 7.96. The fourth-order valence-electron chi connectivity index (χ4n) is 2.45. The van der Waals surface area contributed by atoms with E-state index in [1.807, 2.05) is 0 Å². The van der Waals surface area contributed by atoms with Crippen molar-refractivity contribution in [2.24, 2.45) is 5.92 Å². The molecule has 3 amide bonds. The maximum Gasteiger partial charge on any atom is 0.319 e.